The molecule has 1 unspecified atom stereocenters. The molecule has 10 heteroatoms. The van der Waals surface area contributed by atoms with E-state index in [0.29, 0.717) is 5.56 Å². The molecule has 0 radical (unpaired) electrons. The first kappa shape index (κ1) is 22.1. The van der Waals surface area contributed by atoms with E-state index >= 15 is 0 Å². The third kappa shape index (κ3) is 4.28. The number of rotatable bonds is 6. The zero-order chi connectivity index (χ0) is 22.0. The summed E-state index contributed by atoms with van der Waals surface area (Å²) in [6.45, 7) is 0. The highest BCUT2D eigenvalue weighted by atomic mass is 79.9. The standard InChI is InChI=1S/C20H16BrClN2O5S/c1-29-14-9-11(16(22)15(21)17(14)25)8-12-18(26)24(20(30)23-12)13(19(27)28)7-10-5-3-2-4-6-10/h2-6,8-9,13,25H,7H2,1H3,(H,23,30)(H,27,28)/b12-8+. The highest BCUT2D eigenvalue weighted by Gasteiger charge is 2.39. The minimum Gasteiger partial charge on any atom is -0.503 e. The third-order valence-corrected chi connectivity index (χ3v) is 6.18. The molecule has 1 saturated heterocycles. The number of thiocarbonyl (C=S) groups is 1. The van der Waals surface area contributed by atoms with Crippen molar-refractivity contribution in [2.75, 3.05) is 7.11 Å². The SMILES string of the molecule is COc1cc(/C=C2/NC(=S)N(C(Cc3ccccc3)C(=O)O)C2=O)c(Cl)c(Br)c1O. The molecule has 30 heavy (non-hydrogen) atoms. The molecule has 1 atom stereocenters. The maximum absolute atomic E-state index is 13.0. The highest BCUT2D eigenvalue weighted by Crippen LogP contribution is 2.42. The van der Waals surface area contributed by atoms with Gasteiger partial charge in [-0.1, -0.05) is 41.9 Å². The molecule has 0 bridgehead atoms. The Balaban J connectivity index is 1.96. The first-order valence-electron chi connectivity index (χ1n) is 8.62. The van der Waals surface area contributed by atoms with E-state index in [1.165, 1.54) is 19.3 Å². The quantitative estimate of drug-likeness (QED) is 0.403. The van der Waals surface area contributed by atoms with E-state index < -0.39 is 17.9 Å². The zero-order valence-electron chi connectivity index (χ0n) is 15.6. The van der Waals surface area contributed by atoms with Gasteiger partial charge in [0.15, 0.2) is 16.6 Å². The Kier molecular flexibility index (Phi) is 6.64. The summed E-state index contributed by atoms with van der Waals surface area (Å²) in [6.07, 6.45) is 1.52. The number of methoxy groups -OCH3 is 1. The number of benzene rings is 2. The van der Waals surface area contributed by atoms with Gasteiger partial charge < -0.3 is 20.3 Å². The molecule has 1 aliphatic heterocycles. The van der Waals surface area contributed by atoms with Crippen molar-refractivity contribution in [1.29, 1.82) is 0 Å². The lowest BCUT2D eigenvalue weighted by molar-refractivity contribution is -0.145. The fourth-order valence-electron chi connectivity index (χ4n) is 2.99. The average Bonchev–Trinajstić information content (AvgIpc) is 3.00. The van der Waals surface area contributed by atoms with Crippen LogP contribution in [0.2, 0.25) is 5.02 Å². The Morgan fingerprint density at radius 2 is 2.07 bits per heavy atom. The van der Waals surface area contributed by atoms with Gasteiger partial charge >= 0.3 is 5.97 Å². The van der Waals surface area contributed by atoms with Crippen LogP contribution in [-0.4, -0.2) is 45.3 Å². The van der Waals surface area contributed by atoms with E-state index in [1.54, 1.807) is 24.3 Å². The lowest BCUT2D eigenvalue weighted by Gasteiger charge is -2.22. The number of amides is 1. The lowest BCUT2D eigenvalue weighted by atomic mass is 10.0. The maximum Gasteiger partial charge on any atom is 0.327 e. The van der Waals surface area contributed by atoms with Gasteiger partial charge in [-0.05, 0) is 45.9 Å². The summed E-state index contributed by atoms with van der Waals surface area (Å²) < 4.78 is 5.31. The number of nitrogens with zero attached hydrogens (tertiary/aromatic N) is 1. The Morgan fingerprint density at radius 3 is 2.67 bits per heavy atom. The molecule has 2 aromatic rings. The molecule has 3 rings (SSSR count). The molecular formula is C20H16BrClN2O5S. The number of ether oxygens (including phenoxy) is 1. The minimum absolute atomic E-state index is 0.0180. The van der Waals surface area contributed by atoms with Gasteiger partial charge in [-0.2, -0.15) is 0 Å². The van der Waals surface area contributed by atoms with E-state index in [-0.39, 0.29) is 38.2 Å². The van der Waals surface area contributed by atoms with Crippen LogP contribution in [0.3, 0.4) is 0 Å². The van der Waals surface area contributed by atoms with Gasteiger partial charge in [0.2, 0.25) is 0 Å². The number of hydrogen-bond acceptors (Lipinski definition) is 5. The number of aliphatic carboxylic acids is 1. The van der Waals surface area contributed by atoms with Gasteiger partial charge in [0.05, 0.1) is 16.6 Å². The molecule has 1 heterocycles. The second-order valence-corrected chi connectivity index (χ2v) is 7.91. The molecule has 1 aliphatic rings. The van der Waals surface area contributed by atoms with Crippen LogP contribution in [0.5, 0.6) is 11.5 Å². The zero-order valence-corrected chi connectivity index (χ0v) is 18.7. The molecule has 0 aliphatic carbocycles. The highest BCUT2D eigenvalue weighted by molar-refractivity contribution is 9.10. The van der Waals surface area contributed by atoms with Crippen LogP contribution in [0.25, 0.3) is 6.08 Å². The number of carbonyl (C=O) groups excluding carboxylic acids is 1. The van der Waals surface area contributed by atoms with Crippen molar-refractivity contribution < 1.29 is 24.5 Å². The Bertz CT molecular complexity index is 1060. The normalized spacial score (nSPS) is 16.0. The van der Waals surface area contributed by atoms with Gasteiger partial charge in [-0.15, -0.1) is 0 Å². The summed E-state index contributed by atoms with van der Waals surface area (Å²) in [4.78, 5) is 25.9. The Hall–Kier alpha value is -2.62. The summed E-state index contributed by atoms with van der Waals surface area (Å²) in [5, 5.41) is 22.6. The van der Waals surface area contributed by atoms with E-state index in [1.807, 2.05) is 6.07 Å². The first-order valence-corrected chi connectivity index (χ1v) is 10.2. The molecular weight excluding hydrogens is 496 g/mol. The molecule has 1 fully saturated rings. The minimum atomic E-state index is -1.18. The number of halogens is 2. The number of hydrogen-bond donors (Lipinski definition) is 3. The second-order valence-electron chi connectivity index (χ2n) is 6.35. The van der Waals surface area contributed by atoms with Crippen molar-refractivity contribution in [1.82, 2.24) is 10.2 Å². The topological polar surface area (TPSA) is 99.1 Å². The molecule has 0 saturated carbocycles. The number of phenols is 1. The number of phenolic OH excluding ortho intramolecular Hbond substituents is 1. The van der Waals surface area contributed by atoms with Crippen LogP contribution in [-0.2, 0) is 16.0 Å². The molecule has 0 spiro atoms. The van der Waals surface area contributed by atoms with Crippen molar-refractivity contribution in [3.63, 3.8) is 0 Å². The summed E-state index contributed by atoms with van der Waals surface area (Å²) in [7, 11) is 1.38. The summed E-state index contributed by atoms with van der Waals surface area (Å²) in [5.74, 6) is -1.80. The average molecular weight is 512 g/mol. The van der Waals surface area contributed by atoms with Crippen LogP contribution in [0.1, 0.15) is 11.1 Å². The van der Waals surface area contributed by atoms with Crippen molar-refractivity contribution >= 4 is 62.8 Å². The van der Waals surface area contributed by atoms with Crippen molar-refractivity contribution in [2.24, 2.45) is 0 Å². The van der Waals surface area contributed by atoms with Crippen LogP contribution < -0.4 is 10.1 Å². The van der Waals surface area contributed by atoms with Gasteiger partial charge in [0.25, 0.3) is 5.91 Å². The van der Waals surface area contributed by atoms with Crippen molar-refractivity contribution in [3.8, 4) is 11.5 Å². The Labute approximate surface area is 191 Å². The fourth-order valence-corrected chi connectivity index (χ4v) is 3.93. The fraction of sp³-hybridized carbons (Fsp3) is 0.150. The lowest BCUT2D eigenvalue weighted by Crippen LogP contribution is -2.46. The largest absolute Gasteiger partial charge is 0.503 e. The number of carboxylic acids is 1. The molecule has 1 amide bonds. The molecule has 156 valence electrons. The van der Waals surface area contributed by atoms with Gasteiger partial charge in [0, 0.05) is 12.0 Å². The number of carbonyl (C=O) groups is 2. The van der Waals surface area contributed by atoms with E-state index in [9.17, 15) is 19.8 Å². The molecule has 0 aromatic heterocycles. The first-order chi connectivity index (χ1) is 14.2. The van der Waals surface area contributed by atoms with Gasteiger partial charge in [-0.25, -0.2) is 4.79 Å². The summed E-state index contributed by atoms with van der Waals surface area (Å²) >= 11 is 14.7. The van der Waals surface area contributed by atoms with Crippen molar-refractivity contribution in [3.05, 3.63) is 62.7 Å². The van der Waals surface area contributed by atoms with Crippen LogP contribution >= 0.6 is 39.7 Å². The van der Waals surface area contributed by atoms with E-state index in [2.05, 4.69) is 21.2 Å². The van der Waals surface area contributed by atoms with Crippen LogP contribution in [0.15, 0.2) is 46.6 Å². The predicted octanol–water partition coefficient (Wildman–Crippen LogP) is 3.57. The number of aromatic hydroxyl groups is 1. The van der Waals surface area contributed by atoms with Gasteiger partial charge in [-0.3, -0.25) is 9.69 Å². The van der Waals surface area contributed by atoms with Crippen LogP contribution in [0, 0.1) is 0 Å². The molecule has 2 aromatic carbocycles. The van der Waals surface area contributed by atoms with Gasteiger partial charge in [0.1, 0.15) is 11.7 Å². The number of carboxylic acid groups (broad SMARTS) is 1. The van der Waals surface area contributed by atoms with E-state index in [4.69, 9.17) is 28.6 Å². The summed E-state index contributed by atoms with van der Waals surface area (Å²) in [6, 6.07) is 9.24. The van der Waals surface area contributed by atoms with E-state index in [0.717, 1.165) is 10.5 Å². The predicted molar refractivity (Wildman–Crippen MR) is 119 cm³/mol. The second kappa shape index (κ2) is 9.03. The molecule has 3 N–H and O–H groups in total. The monoisotopic (exact) mass is 510 g/mol. The Morgan fingerprint density at radius 1 is 1.40 bits per heavy atom. The molecule has 7 nitrogen and oxygen atoms in total. The number of nitrogens with one attached hydrogen (secondary N) is 1. The maximum atomic E-state index is 13.0. The smallest absolute Gasteiger partial charge is 0.327 e. The van der Waals surface area contributed by atoms with Crippen molar-refractivity contribution in [2.45, 2.75) is 12.5 Å². The third-order valence-electron chi connectivity index (χ3n) is 4.47. The van der Waals surface area contributed by atoms with Crippen LogP contribution in [0.4, 0.5) is 0 Å². The summed E-state index contributed by atoms with van der Waals surface area (Å²) in [5.41, 5.74) is 1.18.